The molecule has 1 aromatic rings. The lowest BCUT2D eigenvalue weighted by Gasteiger charge is -2.22. The topological polar surface area (TPSA) is 46.1 Å². The molecule has 0 radical (unpaired) electrons. The molecule has 0 spiro atoms. The number of hydrogen-bond acceptors (Lipinski definition) is 3. The summed E-state index contributed by atoms with van der Waals surface area (Å²) in [5, 5.41) is 3.41. The molecule has 146 valence electrons. The number of likely N-dealkylation sites (tertiary alicyclic amines) is 1. The zero-order chi connectivity index (χ0) is 17.9. The molecule has 6 heteroatoms. The van der Waals surface area contributed by atoms with Gasteiger partial charge in [-0.15, -0.1) is 24.0 Å². The molecule has 0 saturated carbocycles. The second-order valence-corrected chi connectivity index (χ2v) is 6.14. The third kappa shape index (κ3) is 7.15. The van der Waals surface area contributed by atoms with Gasteiger partial charge in [-0.05, 0) is 26.3 Å². The van der Waals surface area contributed by atoms with Crippen molar-refractivity contribution in [3.63, 3.8) is 0 Å². The van der Waals surface area contributed by atoms with Crippen molar-refractivity contribution in [3.05, 3.63) is 42.5 Å². The average molecular weight is 473 g/mol. The highest BCUT2D eigenvalue weighted by Gasteiger charge is 2.24. The van der Waals surface area contributed by atoms with Crippen LogP contribution in [-0.4, -0.2) is 50.3 Å². The van der Waals surface area contributed by atoms with Gasteiger partial charge in [-0.2, -0.15) is 0 Å². The van der Waals surface area contributed by atoms with Gasteiger partial charge in [0.2, 0.25) is 0 Å². The van der Waals surface area contributed by atoms with E-state index in [1.54, 1.807) is 6.08 Å². The van der Waals surface area contributed by atoms with Gasteiger partial charge in [0.1, 0.15) is 12.4 Å². The second kappa shape index (κ2) is 13.0. The third-order valence-electron chi connectivity index (χ3n) is 4.21. The van der Waals surface area contributed by atoms with E-state index in [-0.39, 0.29) is 24.0 Å². The Kier molecular flexibility index (Phi) is 11.4. The van der Waals surface area contributed by atoms with Crippen LogP contribution in [0.4, 0.5) is 0 Å². The van der Waals surface area contributed by atoms with E-state index in [2.05, 4.69) is 29.8 Å². The summed E-state index contributed by atoms with van der Waals surface area (Å²) in [6.07, 6.45) is 2.91. The van der Waals surface area contributed by atoms with Gasteiger partial charge in [-0.3, -0.25) is 0 Å². The van der Waals surface area contributed by atoms with Crippen LogP contribution in [0.5, 0.6) is 5.75 Å². The van der Waals surface area contributed by atoms with Crippen molar-refractivity contribution < 1.29 is 9.47 Å². The Morgan fingerprint density at radius 1 is 1.38 bits per heavy atom. The summed E-state index contributed by atoms with van der Waals surface area (Å²) in [6.45, 7) is 13.5. The van der Waals surface area contributed by atoms with Crippen LogP contribution in [0.25, 0.3) is 0 Å². The van der Waals surface area contributed by atoms with E-state index in [1.807, 2.05) is 25.1 Å². The molecule has 2 rings (SSSR count). The van der Waals surface area contributed by atoms with E-state index in [9.17, 15) is 0 Å². The minimum Gasteiger partial charge on any atom is -0.489 e. The highest BCUT2D eigenvalue weighted by atomic mass is 127. The molecular formula is C20H32IN3O2. The number of nitrogens with one attached hydrogen (secondary N) is 1. The number of guanidine groups is 1. The van der Waals surface area contributed by atoms with Gasteiger partial charge in [0.15, 0.2) is 5.96 Å². The van der Waals surface area contributed by atoms with Crippen LogP contribution in [0.1, 0.15) is 25.8 Å². The van der Waals surface area contributed by atoms with Crippen LogP contribution < -0.4 is 10.1 Å². The van der Waals surface area contributed by atoms with Gasteiger partial charge >= 0.3 is 0 Å². The number of nitrogens with zero attached hydrogens (tertiary/aromatic N) is 2. The normalized spacial score (nSPS) is 16.9. The monoisotopic (exact) mass is 473 g/mol. The number of para-hydroxylation sites is 1. The quantitative estimate of drug-likeness (QED) is 0.257. The zero-order valence-electron chi connectivity index (χ0n) is 15.9. The minimum absolute atomic E-state index is 0. The van der Waals surface area contributed by atoms with Crippen molar-refractivity contribution in [2.75, 3.05) is 39.5 Å². The Balaban J connectivity index is 0.00000338. The van der Waals surface area contributed by atoms with E-state index >= 15 is 0 Å². The van der Waals surface area contributed by atoms with E-state index < -0.39 is 0 Å². The summed E-state index contributed by atoms with van der Waals surface area (Å²) in [5.74, 6) is 2.43. The van der Waals surface area contributed by atoms with E-state index in [4.69, 9.17) is 14.5 Å². The summed E-state index contributed by atoms with van der Waals surface area (Å²) in [4.78, 5) is 7.17. The predicted octanol–water partition coefficient (Wildman–Crippen LogP) is 3.69. The van der Waals surface area contributed by atoms with Crippen LogP contribution in [-0.2, 0) is 11.3 Å². The first kappa shape index (κ1) is 22.8. The Labute approximate surface area is 174 Å². The molecular weight excluding hydrogens is 441 g/mol. The van der Waals surface area contributed by atoms with Gasteiger partial charge in [0, 0.05) is 37.7 Å². The maximum atomic E-state index is 5.73. The minimum atomic E-state index is 0. The van der Waals surface area contributed by atoms with Crippen molar-refractivity contribution in [1.82, 2.24) is 10.2 Å². The number of rotatable bonds is 9. The average Bonchev–Trinajstić information content (AvgIpc) is 3.11. The van der Waals surface area contributed by atoms with Gasteiger partial charge in [0.25, 0.3) is 0 Å². The van der Waals surface area contributed by atoms with Gasteiger partial charge in [-0.1, -0.05) is 30.9 Å². The van der Waals surface area contributed by atoms with Crippen LogP contribution in [0, 0.1) is 5.92 Å². The molecule has 0 aromatic heterocycles. The van der Waals surface area contributed by atoms with Crippen LogP contribution in [0.15, 0.2) is 41.9 Å². The number of aliphatic imine (C=N–C) groups is 1. The first-order valence-corrected chi connectivity index (χ1v) is 9.21. The lowest BCUT2D eigenvalue weighted by Crippen LogP contribution is -2.40. The molecule has 1 atom stereocenters. The number of halogens is 1. The maximum absolute atomic E-state index is 5.73. The molecule has 1 aromatic carbocycles. The largest absolute Gasteiger partial charge is 0.489 e. The highest BCUT2D eigenvalue weighted by Crippen LogP contribution is 2.20. The first-order chi connectivity index (χ1) is 12.3. The number of ether oxygens (including phenoxy) is 2. The molecule has 1 aliphatic rings. The van der Waals surface area contributed by atoms with Crippen LogP contribution >= 0.6 is 24.0 Å². The lowest BCUT2D eigenvalue weighted by atomic mass is 10.1. The molecule has 0 bridgehead atoms. The Hall–Kier alpha value is -1.28. The molecule has 1 fully saturated rings. The van der Waals surface area contributed by atoms with Gasteiger partial charge in [-0.25, -0.2) is 4.99 Å². The van der Waals surface area contributed by atoms with Crippen molar-refractivity contribution >= 4 is 29.9 Å². The fourth-order valence-electron chi connectivity index (χ4n) is 2.96. The molecule has 1 N–H and O–H groups in total. The van der Waals surface area contributed by atoms with Crippen LogP contribution in [0.2, 0.25) is 0 Å². The Morgan fingerprint density at radius 2 is 2.19 bits per heavy atom. The van der Waals surface area contributed by atoms with Crippen molar-refractivity contribution in [2.24, 2.45) is 10.9 Å². The summed E-state index contributed by atoms with van der Waals surface area (Å²) in [7, 11) is 0. The summed E-state index contributed by atoms with van der Waals surface area (Å²) >= 11 is 0. The molecule has 1 unspecified atom stereocenters. The number of benzene rings is 1. The van der Waals surface area contributed by atoms with E-state index in [0.29, 0.717) is 19.1 Å². The molecule has 26 heavy (non-hydrogen) atoms. The fraction of sp³-hybridized carbons (Fsp3) is 0.550. The summed E-state index contributed by atoms with van der Waals surface area (Å²) < 4.78 is 11.3. The Morgan fingerprint density at radius 3 is 2.92 bits per heavy atom. The lowest BCUT2D eigenvalue weighted by molar-refractivity contribution is 0.114. The standard InChI is InChI=1S/C20H31N3O2.HI/c1-4-13-25-19-10-8-7-9-18(19)14-22-20(21-5-2)23-12-11-17(15-23)16-24-6-3;/h4,7-10,17H,1,5-6,11-16H2,2-3H3,(H,21,22);1H. The Bertz CT molecular complexity index is 566. The highest BCUT2D eigenvalue weighted by molar-refractivity contribution is 14.0. The molecule has 0 amide bonds. The summed E-state index contributed by atoms with van der Waals surface area (Å²) in [6, 6.07) is 8.05. The smallest absolute Gasteiger partial charge is 0.194 e. The van der Waals surface area contributed by atoms with E-state index in [0.717, 1.165) is 56.5 Å². The predicted molar refractivity (Wildman–Crippen MR) is 119 cm³/mol. The SMILES string of the molecule is C=CCOc1ccccc1CN=C(NCC)N1CCC(COCC)C1.I. The second-order valence-electron chi connectivity index (χ2n) is 6.14. The molecule has 1 saturated heterocycles. The molecule has 1 aliphatic heterocycles. The molecule has 5 nitrogen and oxygen atoms in total. The third-order valence-corrected chi connectivity index (χ3v) is 4.21. The maximum Gasteiger partial charge on any atom is 0.194 e. The van der Waals surface area contributed by atoms with Crippen molar-refractivity contribution in [1.29, 1.82) is 0 Å². The fourth-order valence-corrected chi connectivity index (χ4v) is 2.96. The van der Waals surface area contributed by atoms with Crippen molar-refractivity contribution in [3.8, 4) is 5.75 Å². The van der Waals surface area contributed by atoms with Crippen molar-refractivity contribution in [2.45, 2.75) is 26.8 Å². The first-order valence-electron chi connectivity index (χ1n) is 9.21. The van der Waals surface area contributed by atoms with Crippen LogP contribution in [0.3, 0.4) is 0 Å². The summed E-state index contributed by atoms with van der Waals surface area (Å²) in [5.41, 5.74) is 1.09. The molecule has 0 aliphatic carbocycles. The van der Waals surface area contributed by atoms with E-state index in [1.165, 1.54) is 0 Å². The van der Waals surface area contributed by atoms with Gasteiger partial charge < -0.3 is 19.7 Å². The number of hydrogen-bond donors (Lipinski definition) is 1. The molecule has 1 heterocycles. The zero-order valence-corrected chi connectivity index (χ0v) is 18.3. The van der Waals surface area contributed by atoms with Gasteiger partial charge in [0.05, 0.1) is 13.2 Å².